The van der Waals surface area contributed by atoms with Gasteiger partial charge in [-0.05, 0) is 35.2 Å². The predicted molar refractivity (Wildman–Crippen MR) is 107 cm³/mol. The summed E-state index contributed by atoms with van der Waals surface area (Å²) in [7, 11) is 0. The first-order valence-electron chi connectivity index (χ1n) is 8.65. The van der Waals surface area contributed by atoms with Gasteiger partial charge in [0.05, 0.1) is 17.6 Å². The second-order valence-corrected chi connectivity index (χ2v) is 6.88. The molecule has 140 valence electrons. The number of aromatic nitrogens is 3. The van der Waals surface area contributed by atoms with Crippen molar-refractivity contribution < 1.29 is 9.59 Å². The molecule has 7 nitrogen and oxygen atoms in total. The van der Waals surface area contributed by atoms with Gasteiger partial charge in [-0.1, -0.05) is 18.2 Å². The summed E-state index contributed by atoms with van der Waals surface area (Å²) in [5.41, 5.74) is 3.32. The number of pyridine rings is 1. The molecule has 3 aromatic heterocycles. The Balaban J connectivity index is 1.32. The first kappa shape index (κ1) is 17.9. The molecule has 0 radical (unpaired) electrons. The van der Waals surface area contributed by atoms with Crippen molar-refractivity contribution in [3.8, 4) is 5.82 Å². The standard InChI is InChI=1S/C20H17N5O2S/c26-19(11-23-20(27)15-7-8-28-12-15)22-10-14-5-6-18(21-9-14)25-13-24-16-3-1-2-4-17(16)25/h1-9,12-13H,10-11H2,(H,22,26)(H,23,27). The van der Waals surface area contributed by atoms with Crippen LogP contribution in [-0.4, -0.2) is 32.9 Å². The highest BCUT2D eigenvalue weighted by Gasteiger charge is 2.09. The van der Waals surface area contributed by atoms with Gasteiger partial charge < -0.3 is 10.6 Å². The van der Waals surface area contributed by atoms with E-state index in [-0.39, 0.29) is 18.4 Å². The molecule has 4 aromatic rings. The van der Waals surface area contributed by atoms with Crippen LogP contribution in [0.1, 0.15) is 15.9 Å². The number of hydrogen-bond acceptors (Lipinski definition) is 5. The van der Waals surface area contributed by atoms with Crippen LogP contribution in [-0.2, 0) is 11.3 Å². The second-order valence-electron chi connectivity index (χ2n) is 6.10. The van der Waals surface area contributed by atoms with E-state index in [0.29, 0.717) is 12.1 Å². The highest BCUT2D eigenvalue weighted by Crippen LogP contribution is 2.16. The monoisotopic (exact) mass is 391 g/mol. The number of para-hydroxylation sites is 2. The minimum Gasteiger partial charge on any atom is -0.350 e. The number of nitrogens with one attached hydrogen (secondary N) is 2. The third kappa shape index (κ3) is 3.91. The number of hydrogen-bond donors (Lipinski definition) is 2. The third-order valence-electron chi connectivity index (χ3n) is 4.19. The highest BCUT2D eigenvalue weighted by molar-refractivity contribution is 7.08. The lowest BCUT2D eigenvalue weighted by molar-refractivity contribution is -0.120. The summed E-state index contributed by atoms with van der Waals surface area (Å²) in [6.07, 6.45) is 3.46. The van der Waals surface area contributed by atoms with Gasteiger partial charge in [0.15, 0.2) is 0 Å². The first-order valence-corrected chi connectivity index (χ1v) is 9.59. The van der Waals surface area contributed by atoms with Crippen molar-refractivity contribution in [2.24, 2.45) is 0 Å². The van der Waals surface area contributed by atoms with Crippen molar-refractivity contribution in [2.45, 2.75) is 6.54 Å². The van der Waals surface area contributed by atoms with Crippen molar-refractivity contribution in [1.82, 2.24) is 25.2 Å². The van der Waals surface area contributed by atoms with Gasteiger partial charge in [-0.25, -0.2) is 9.97 Å². The SMILES string of the molecule is O=C(CNC(=O)c1ccsc1)NCc1ccc(-n2cnc3ccccc32)nc1. The van der Waals surface area contributed by atoms with E-state index >= 15 is 0 Å². The number of thiophene rings is 1. The summed E-state index contributed by atoms with van der Waals surface area (Å²) < 4.78 is 1.91. The molecular formula is C20H17N5O2S. The maximum absolute atomic E-state index is 11.9. The molecule has 0 aliphatic heterocycles. The quantitative estimate of drug-likeness (QED) is 0.529. The van der Waals surface area contributed by atoms with Gasteiger partial charge in [0.1, 0.15) is 12.1 Å². The average molecular weight is 391 g/mol. The second kappa shape index (κ2) is 8.01. The highest BCUT2D eigenvalue weighted by atomic mass is 32.1. The minimum atomic E-state index is -0.256. The summed E-state index contributed by atoms with van der Waals surface area (Å²) in [5, 5.41) is 8.93. The van der Waals surface area contributed by atoms with E-state index in [4.69, 9.17) is 0 Å². The Morgan fingerprint density at radius 2 is 1.93 bits per heavy atom. The molecule has 0 unspecified atom stereocenters. The zero-order valence-electron chi connectivity index (χ0n) is 14.8. The fraction of sp³-hybridized carbons (Fsp3) is 0.100. The molecule has 2 amide bonds. The number of carbonyl (C=O) groups is 2. The minimum absolute atomic E-state index is 0.0682. The Morgan fingerprint density at radius 1 is 1.04 bits per heavy atom. The first-order chi connectivity index (χ1) is 13.7. The molecule has 0 aliphatic rings. The Kier molecular flexibility index (Phi) is 5.11. The lowest BCUT2D eigenvalue weighted by atomic mass is 10.2. The zero-order chi connectivity index (χ0) is 19.3. The number of fused-ring (bicyclic) bond motifs is 1. The van der Waals surface area contributed by atoms with Crippen LogP contribution in [0.15, 0.2) is 65.7 Å². The zero-order valence-corrected chi connectivity index (χ0v) is 15.6. The fourth-order valence-electron chi connectivity index (χ4n) is 2.72. The lowest BCUT2D eigenvalue weighted by Crippen LogP contribution is -2.36. The van der Waals surface area contributed by atoms with Crippen molar-refractivity contribution >= 4 is 34.2 Å². The van der Waals surface area contributed by atoms with Crippen LogP contribution in [0.3, 0.4) is 0 Å². The van der Waals surface area contributed by atoms with Gasteiger partial charge in [-0.2, -0.15) is 11.3 Å². The van der Waals surface area contributed by atoms with Gasteiger partial charge >= 0.3 is 0 Å². The predicted octanol–water partition coefficient (Wildman–Crippen LogP) is 2.53. The molecule has 1 aromatic carbocycles. The molecule has 28 heavy (non-hydrogen) atoms. The maximum atomic E-state index is 11.9. The number of amides is 2. The molecule has 8 heteroatoms. The van der Waals surface area contributed by atoms with Gasteiger partial charge in [0.2, 0.25) is 5.91 Å². The third-order valence-corrected chi connectivity index (χ3v) is 4.88. The Bertz CT molecular complexity index is 1100. The summed E-state index contributed by atoms with van der Waals surface area (Å²) in [6.45, 7) is 0.270. The number of rotatable bonds is 6. The van der Waals surface area contributed by atoms with Gasteiger partial charge in [0.25, 0.3) is 5.91 Å². The number of benzene rings is 1. The largest absolute Gasteiger partial charge is 0.350 e. The van der Waals surface area contributed by atoms with Crippen LogP contribution in [0.2, 0.25) is 0 Å². The maximum Gasteiger partial charge on any atom is 0.252 e. The van der Waals surface area contributed by atoms with Crippen LogP contribution in [0.5, 0.6) is 0 Å². The average Bonchev–Trinajstić information content (AvgIpc) is 3.41. The molecule has 0 saturated heterocycles. The number of carbonyl (C=O) groups excluding carboxylic acids is 2. The van der Waals surface area contributed by atoms with Gasteiger partial charge in [-0.3, -0.25) is 14.2 Å². The molecule has 4 rings (SSSR count). The smallest absolute Gasteiger partial charge is 0.252 e. The van der Waals surface area contributed by atoms with E-state index in [1.807, 2.05) is 46.3 Å². The Morgan fingerprint density at radius 3 is 2.71 bits per heavy atom. The van der Waals surface area contributed by atoms with Crippen LogP contribution in [0.4, 0.5) is 0 Å². The Labute approximate surface area is 165 Å². The van der Waals surface area contributed by atoms with E-state index in [9.17, 15) is 9.59 Å². The molecule has 0 bridgehead atoms. The fourth-order valence-corrected chi connectivity index (χ4v) is 3.36. The molecular weight excluding hydrogens is 374 g/mol. The van der Waals surface area contributed by atoms with Gasteiger partial charge in [-0.15, -0.1) is 0 Å². The summed E-state index contributed by atoms with van der Waals surface area (Å²) >= 11 is 1.44. The van der Waals surface area contributed by atoms with Crippen molar-refractivity contribution in [2.75, 3.05) is 6.54 Å². The van der Waals surface area contributed by atoms with Crippen molar-refractivity contribution in [3.63, 3.8) is 0 Å². The Hall–Kier alpha value is -3.52. The van der Waals surface area contributed by atoms with Crippen molar-refractivity contribution in [3.05, 3.63) is 76.9 Å². The van der Waals surface area contributed by atoms with E-state index in [2.05, 4.69) is 20.6 Å². The number of imidazole rings is 1. The van der Waals surface area contributed by atoms with E-state index in [0.717, 1.165) is 22.4 Å². The summed E-state index contributed by atoms with van der Waals surface area (Å²) in [5.74, 6) is 0.245. The molecule has 0 spiro atoms. The van der Waals surface area contributed by atoms with E-state index < -0.39 is 0 Å². The van der Waals surface area contributed by atoms with E-state index in [1.54, 1.807) is 24.0 Å². The molecule has 0 fully saturated rings. The molecule has 0 atom stereocenters. The van der Waals surface area contributed by atoms with Crippen LogP contribution < -0.4 is 10.6 Å². The van der Waals surface area contributed by atoms with Crippen LogP contribution in [0, 0.1) is 0 Å². The molecule has 3 heterocycles. The van der Waals surface area contributed by atoms with Crippen LogP contribution >= 0.6 is 11.3 Å². The lowest BCUT2D eigenvalue weighted by Gasteiger charge is -2.08. The van der Waals surface area contributed by atoms with Crippen LogP contribution in [0.25, 0.3) is 16.9 Å². The summed E-state index contributed by atoms with van der Waals surface area (Å²) in [6, 6.07) is 13.3. The van der Waals surface area contributed by atoms with Crippen molar-refractivity contribution in [1.29, 1.82) is 0 Å². The number of nitrogens with zero attached hydrogens (tertiary/aromatic N) is 3. The molecule has 0 saturated carbocycles. The topological polar surface area (TPSA) is 88.9 Å². The molecule has 0 aliphatic carbocycles. The molecule has 2 N–H and O–H groups in total. The van der Waals surface area contributed by atoms with E-state index in [1.165, 1.54) is 11.3 Å². The van der Waals surface area contributed by atoms with Gasteiger partial charge in [0, 0.05) is 23.7 Å². The summed E-state index contributed by atoms with van der Waals surface area (Å²) in [4.78, 5) is 32.6. The normalized spacial score (nSPS) is 10.7.